The van der Waals surface area contributed by atoms with E-state index >= 15 is 0 Å². The standard InChI is InChI=1S/C16H9ClO2/c17-11-5-3-4-10(8-11)14-9-15(18)12-6-1-2-7-13(12)16(14)19/h1-9H. The third-order valence-corrected chi connectivity index (χ3v) is 3.33. The predicted molar refractivity (Wildman–Crippen MR) is 74.5 cm³/mol. The molecule has 19 heavy (non-hydrogen) atoms. The summed E-state index contributed by atoms with van der Waals surface area (Å²) in [5.41, 5.74) is 1.97. The van der Waals surface area contributed by atoms with Crippen molar-refractivity contribution in [3.05, 3.63) is 76.3 Å². The van der Waals surface area contributed by atoms with Gasteiger partial charge in [-0.3, -0.25) is 9.59 Å². The Morgan fingerprint density at radius 1 is 0.842 bits per heavy atom. The zero-order valence-corrected chi connectivity index (χ0v) is 10.6. The Labute approximate surface area is 115 Å². The lowest BCUT2D eigenvalue weighted by molar-refractivity contribution is 0.100. The van der Waals surface area contributed by atoms with Gasteiger partial charge in [0.05, 0.1) is 0 Å². The first-order valence-corrected chi connectivity index (χ1v) is 6.20. The van der Waals surface area contributed by atoms with Gasteiger partial charge in [-0.2, -0.15) is 0 Å². The maximum absolute atomic E-state index is 12.4. The molecule has 0 unspecified atom stereocenters. The van der Waals surface area contributed by atoms with Crippen molar-refractivity contribution in [2.45, 2.75) is 0 Å². The van der Waals surface area contributed by atoms with Crippen LogP contribution >= 0.6 is 11.6 Å². The Hall–Kier alpha value is -2.19. The van der Waals surface area contributed by atoms with Crippen LogP contribution in [0.2, 0.25) is 5.02 Å². The third-order valence-electron chi connectivity index (χ3n) is 3.09. The Balaban J connectivity index is 2.16. The summed E-state index contributed by atoms with van der Waals surface area (Å²) in [6, 6.07) is 13.8. The van der Waals surface area contributed by atoms with Crippen LogP contribution in [-0.4, -0.2) is 11.6 Å². The van der Waals surface area contributed by atoms with E-state index in [0.29, 0.717) is 27.3 Å². The Morgan fingerprint density at radius 2 is 1.58 bits per heavy atom. The Kier molecular flexibility index (Phi) is 2.80. The lowest BCUT2D eigenvalue weighted by atomic mass is 9.86. The zero-order chi connectivity index (χ0) is 13.4. The van der Waals surface area contributed by atoms with Gasteiger partial charge in [0.2, 0.25) is 0 Å². The first-order valence-electron chi connectivity index (χ1n) is 5.82. The molecule has 2 nitrogen and oxygen atoms in total. The fraction of sp³-hybridized carbons (Fsp3) is 0. The van der Waals surface area contributed by atoms with Gasteiger partial charge >= 0.3 is 0 Å². The van der Waals surface area contributed by atoms with E-state index < -0.39 is 0 Å². The van der Waals surface area contributed by atoms with Crippen LogP contribution in [0.15, 0.2) is 54.6 Å². The number of carbonyl (C=O) groups excluding carboxylic acids is 2. The summed E-state index contributed by atoms with van der Waals surface area (Å²) >= 11 is 5.92. The molecule has 0 heterocycles. The van der Waals surface area contributed by atoms with Crippen LogP contribution in [0.3, 0.4) is 0 Å². The third kappa shape index (κ3) is 2.00. The van der Waals surface area contributed by atoms with Gasteiger partial charge < -0.3 is 0 Å². The first-order chi connectivity index (χ1) is 9.16. The highest BCUT2D eigenvalue weighted by Crippen LogP contribution is 2.28. The second kappa shape index (κ2) is 4.48. The summed E-state index contributed by atoms with van der Waals surface area (Å²) in [5.74, 6) is -0.289. The normalized spacial score (nSPS) is 14.1. The van der Waals surface area contributed by atoms with Crippen molar-refractivity contribution in [2.75, 3.05) is 0 Å². The molecule has 2 aromatic carbocycles. The summed E-state index contributed by atoms with van der Waals surface area (Å²) in [4.78, 5) is 24.4. The van der Waals surface area contributed by atoms with Crippen LogP contribution in [-0.2, 0) is 0 Å². The SMILES string of the molecule is O=C1C=C(c2cccc(Cl)c2)C(=O)c2ccccc21. The van der Waals surface area contributed by atoms with Crippen LogP contribution in [0.1, 0.15) is 26.3 Å². The molecular weight excluding hydrogens is 260 g/mol. The van der Waals surface area contributed by atoms with Crippen molar-refractivity contribution >= 4 is 28.7 Å². The maximum atomic E-state index is 12.4. The number of carbonyl (C=O) groups is 2. The monoisotopic (exact) mass is 268 g/mol. The van der Waals surface area contributed by atoms with Gasteiger partial charge in [-0.15, -0.1) is 0 Å². The van der Waals surface area contributed by atoms with Gasteiger partial charge in [0, 0.05) is 21.7 Å². The number of hydrogen-bond donors (Lipinski definition) is 0. The van der Waals surface area contributed by atoms with Crippen LogP contribution in [0.5, 0.6) is 0 Å². The zero-order valence-electron chi connectivity index (χ0n) is 9.89. The summed E-state index contributed by atoms with van der Waals surface area (Å²) in [5, 5.41) is 0.539. The summed E-state index contributed by atoms with van der Waals surface area (Å²) in [6.07, 6.45) is 1.39. The number of ketones is 2. The number of halogens is 1. The fourth-order valence-electron chi connectivity index (χ4n) is 2.19. The molecule has 0 N–H and O–H groups in total. The number of allylic oxidation sites excluding steroid dienone is 2. The van der Waals surface area contributed by atoms with Gasteiger partial charge in [-0.1, -0.05) is 48.0 Å². The molecule has 0 saturated carbocycles. The van der Waals surface area contributed by atoms with E-state index in [-0.39, 0.29) is 11.6 Å². The van der Waals surface area contributed by atoms with E-state index in [4.69, 9.17) is 11.6 Å². The van der Waals surface area contributed by atoms with Crippen LogP contribution in [0.4, 0.5) is 0 Å². The lowest BCUT2D eigenvalue weighted by Gasteiger charge is -2.15. The average Bonchev–Trinajstić information content (AvgIpc) is 2.43. The van der Waals surface area contributed by atoms with Crippen molar-refractivity contribution in [3.63, 3.8) is 0 Å². The molecule has 3 rings (SSSR count). The average molecular weight is 269 g/mol. The van der Waals surface area contributed by atoms with E-state index in [1.54, 1.807) is 48.5 Å². The number of hydrogen-bond acceptors (Lipinski definition) is 2. The molecular formula is C16H9ClO2. The summed E-state index contributed by atoms with van der Waals surface area (Å²) < 4.78 is 0. The molecule has 0 fully saturated rings. The maximum Gasteiger partial charge on any atom is 0.194 e. The highest BCUT2D eigenvalue weighted by atomic mass is 35.5. The Bertz CT molecular complexity index is 729. The van der Waals surface area contributed by atoms with E-state index in [9.17, 15) is 9.59 Å². The number of Topliss-reactive ketones (excluding diaryl/α,β-unsaturated/α-hetero) is 1. The van der Waals surface area contributed by atoms with E-state index in [2.05, 4.69) is 0 Å². The number of rotatable bonds is 1. The van der Waals surface area contributed by atoms with Crippen LogP contribution < -0.4 is 0 Å². The molecule has 0 spiro atoms. The molecule has 0 saturated heterocycles. The highest BCUT2D eigenvalue weighted by molar-refractivity contribution is 6.39. The quantitative estimate of drug-likeness (QED) is 0.788. The minimum absolute atomic E-state index is 0.141. The van der Waals surface area contributed by atoms with E-state index in [1.807, 2.05) is 0 Å². The number of fused-ring (bicyclic) bond motifs is 1. The molecule has 0 bridgehead atoms. The molecule has 92 valence electrons. The molecule has 0 aromatic heterocycles. The topological polar surface area (TPSA) is 34.1 Å². The molecule has 1 aliphatic carbocycles. The minimum atomic E-state index is -0.148. The molecule has 2 aromatic rings. The van der Waals surface area contributed by atoms with Crippen molar-refractivity contribution in [1.29, 1.82) is 0 Å². The van der Waals surface area contributed by atoms with E-state index in [1.165, 1.54) is 6.08 Å². The predicted octanol–water partition coefficient (Wildman–Crippen LogP) is 3.80. The number of benzene rings is 2. The lowest BCUT2D eigenvalue weighted by Crippen LogP contribution is -2.15. The van der Waals surface area contributed by atoms with Gasteiger partial charge in [-0.05, 0) is 23.8 Å². The molecule has 1 aliphatic rings. The highest BCUT2D eigenvalue weighted by Gasteiger charge is 2.25. The first kappa shape index (κ1) is 11.9. The fourth-order valence-corrected chi connectivity index (χ4v) is 2.38. The molecule has 0 aliphatic heterocycles. The second-order valence-electron chi connectivity index (χ2n) is 4.31. The second-order valence-corrected chi connectivity index (χ2v) is 4.74. The minimum Gasteiger partial charge on any atom is -0.289 e. The molecule has 3 heteroatoms. The van der Waals surface area contributed by atoms with Gasteiger partial charge in [0.25, 0.3) is 0 Å². The van der Waals surface area contributed by atoms with Crippen molar-refractivity contribution in [3.8, 4) is 0 Å². The molecule has 0 atom stereocenters. The summed E-state index contributed by atoms with van der Waals surface area (Å²) in [6.45, 7) is 0. The van der Waals surface area contributed by atoms with Gasteiger partial charge in [0.1, 0.15) is 0 Å². The van der Waals surface area contributed by atoms with Gasteiger partial charge in [0.15, 0.2) is 11.6 Å². The van der Waals surface area contributed by atoms with Crippen LogP contribution in [0, 0.1) is 0 Å². The van der Waals surface area contributed by atoms with E-state index in [0.717, 1.165) is 0 Å². The van der Waals surface area contributed by atoms with Crippen molar-refractivity contribution in [2.24, 2.45) is 0 Å². The van der Waals surface area contributed by atoms with Gasteiger partial charge in [-0.25, -0.2) is 0 Å². The largest absolute Gasteiger partial charge is 0.289 e. The van der Waals surface area contributed by atoms with Crippen LogP contribution in [0.25, 0.3) is 5.57 Å². The smallest absolute Gasteiger partial charge is 0.194 e. The Morgan fingerprint density at radius 3 is 2.32 bits per heavy atom. The summed E-state index contributed by atoms with van der Waals surface area (Å²) in [7, 11) is 0. The van der Waals surface area contributed by atoms with Crippen molar-refractivity contribution in [1.82, 2.24) is 0 Å². The van der Waals surface area contributed by atoms with Crippen molar-refractivity contribution < 1.29 is 9.59 Å². The molecule has 0 amide bonds. The molecule has 0 radical (unpaired) electrons.